The molecule has 3 N–H and O–H groups in total. The van der Waals surface area contributed by atoms with Crippen LogP contribution in [-0.4, -0.2) is 183 Å². The van der Waals surface area contributed by atoms with E-state index in [9.17, 15) is 14.4 Å². The van der Waals surface area contributed by atoms with Crippen molar-refractivity contribution in [2.24, 2.45) is 0 Å². The zero-order valence-corrected chi connectivity index (χ0v) is 42.3. The van der Waals surface area contributed by atoms with E-state index in [0.29, 0.717) is 86.4 Å². The van der Waals surface area contributed by atoms with Gasteiger partial charge in [-0.05, 0) is 96.9 Å². The fourth-order valence-corrected chi connectivity index (χ4v) is 10.8. The summed E-state index contributed by atoms with van der Waals surface area (Å²) in [5.41, 5.74) is 3.19. The smallest absolute Gasteiger partial charge is 0.417 e. The molecule has 0 atom stereocenters. The molecular formula is C51H64N16O6. The molecule has 6 aliphatic rings. The average Bonchev–Trinajstić information content (AvgIpc) is 3.99. The number of nitrogens with one attached hydrogen (secondary N) is 3. The Morgan fingerprint density at radius 2 is 1.12 bits per heavy atom. The summed E-state index contributed by atoms with van der Waals surface area (Å²) in [7, 11) is 4.29. The fraction of sp³-hybridized carbons (Fsp3) is 0.510. The molecule has 22 nitrogen and oxygen atoms in total. The number of hydrogen-bond donors (Lipinski definition) is 3. The quantitative estimate of drug-likeness (QED) is 0.204. The summed E-state index contributed by atoms with van der Waals surface area (Å²) in [5.74, 6) is 1.71. The summed E-state index contributed by atoms with van der Waals surface area (Å²) in [5, 5.41) is 11.1. The van der Waals surface area contributed by atoms with E-state index in [1.165, 1.54) is 4.90 Å². The lowest BCUT2D eigenvalue weighted by atomic mass is 9.87. The van der Waals surface area contributed by atoms with E-state index < -0.39 is 23.1 Å². The Bertz CT molecular complexity index is 3000. The van der Waals surface area contributed by atoms with Crippen LogP contribution in [0, 0.1) is 0 Å². The summed E-state index contributed by atoms with van der Waals surface area (Å²) in [6.07, 6.45) is 9.55. The summed E-state index contributed by atoms with van der Waals surface area (Å²) < 4.78 is 21.0. The van der Waals surface area contributed by atoms with Crippen molar-refractivity contribution >= 4 is 74.9 Å². The minimum Gasteiger partial charge on any atom is -0.443 e. The van der Waals surface area contributed by atoms with Crippen molar-refractivity contribution in [1.29, 1.82) is 0 Å². The molecule has 0 saturated carbocycles. The van der Waals surface area contributed by atoms with Crippen LogP contribution in [0.25, 0.3) is 22.1 Å². The molecule has 12 heterocycles. The van der Waals surface area contributed by atoms with Crippen LogP contribution in [0.3, 0.4) is 0 Å². The van der Waals surface area contributed by atoms with Crippen molar-refractivity contribution in [2.45, 2.75) is 63.1 Å². The van der Waals surface area contributed by atoms with E-state index in [1.54, 1.807) is 39.2 Å². The van der Waals surface area contributed by atoms with Crippen molar-refractivity contribution in [3.63, 3.8) is 0 Å². The standard InChI is InChI=1S/C28H36N8O4.C23H28N8O2/c1-27(2,3)40-26(38)35-18-28(7-13-39-14-8-28)36-21(24(35)37)15-19-16-30-25(32-23(19)36)31-22-6-5-20(17-29-22)34-11-9-33(4)10-12-34;1-29-6-8-30(9-7-29)17-2-3-19(24-14-17)27-22-25-13-16-12-18-21(32)26-15-23(4-10-33-11-5-23)31(18)20(16)28-22/h5-6,15-17H,7-14,18H2,1-4H3,(H,29,30,31,32);2-3,12-14H,4-11,15H2,1H3,(H,26,32)(H,24,25,27,28). The number of amides is 3. The summed E-state index contributed by atoms with van der Waals surface area (Å²) in [6, 6.07) is 11.7. The van der Waals surface area contributed by atoms with Gasteiger partial charge in [0.05, 0.1) is 41.4 Å². The van der Waals surface area contributed by atoms with Gasteiger partial charge in [0.25, 0.3) is 11.8 Å². The summed E-state index contributed by atoms with van der Waals surface area (Å²) >= 11 is 0. The lowest BCUT2D eigenvalue weighted by molar-refractivity contribution is -0.0175. The van der Waals surface area contributed by atoms with Crippen LogP contribution in [0.15, 0.2) is 61.2 Å². The second-order valence-corrected chi connectivity index (χ2v) is 21.0. The Balaban J connectivity index is 0.000000160. The zero-order valence-electron chi connectivity index (χ0n) is 42.3. The van der Waals surface area contributed by atoms with Crippen LogP contribution in [0.1, 0.15) is 67.4 Å². The maximum atomic E-state index is 13.6. The van der Waals surface area contributed by atoms with Gasteiger partial charge in [-0.3, -0.25) is 9.59 Å². The lowest BCUT2D eigenvalue weighted by Gasteiger charge is -2.45. The van der Waals surface area contributed by atoms with Gasteiger partial charge in [0, 0.05) is 108 Å². The number of imide groups is 1. The number of aromatic nitrogens is 8. The highest BCUT2D eigenvalue weighted by Crippen LogP contribution is 2.41. The van der Waals surface area contributed by atoms with Crippen LogP contribution in [0.4, 0.5) is 39.7 Å². The topological polar surface area (TPSA) is 218 Å². The van der Waals surface area contributed by atoms with E-state index >= 15 is 0 Å². The molecule has 12 rings (SSSR count). The molecule has 4 saturated heterocycles. The number of piperazine rings is 2. The molecule has 22 heteroatoms. The Labute approximate surface area is 423 Å². The highest BCUT2D eigenvalue weighted by Gasteiger charge is 2.48. The minimum absolute atomic E-state index is 0.0687. The first-order valence-electron chi connectivity index (χ1n) is 25.3. The van der Waals surface area contributed by atoms with Gasteiger partial charge in [0.1, 0.15) is 39.9 Å². The number of fused-ring (bicyclic) bond motifs is 8. The maximum Gasteiger partial charge on any atom is 0.417 e. The normalized spacial score (nSPS) is 20.1. The van der Waals surface area contributed by atoms with Gasteiger partial charge in [-0.25, -0.2) is 29.6 Å². The van der Waals surface area contributed by atoms with Gasteiger partial charge in [-0.2, -0.15) is 9.97 Å². The van der Waals surface area contributed by atoms with Crippen molar-refractivity contribution in [2.75, 3.05) is 126 Å². The molecule has 6 aliphatic heterocycles. The summed E-state index contributed by atoms with van der Waals surface area (Å²) in [6.45, 7) is 16.7. The Kier molecular flexibility index (Phi) is 12.9. The van der Waals surface area contributed by atoms with E-state index in [4.69, 9.17) is 24.2 Å². The Morgan fingerprint density at radius 1 is 0.644 bits per heavy atom. The number of rotatable bonds is 6. The number of anilines is 6. The molecule has 0 aromatic carbocycles. The van der Waals surface area contributed by atoms with E-state index in [1.807, 2.05) is 35.2 Å². The molecular weight excluding hydrogens is 933 g/mol. The molecule has 0 aliphatic carbocycles. The molecule has 3 amide bonds. The second kappa shape index (κ2) is 19.4. The van der Waals surface area contributed by atoms with Crippen LogP contribution < -0.4 is 25.8 Å². The number of ether oxygens (including phenoxy) is 3. The average molecular weight is 997 g/mol. The number of pyridine rings is 2. The SMILES string of the molecule is CN1CCN(c2ccc(Nc3ncc4cc5n(c4n3)C3(CCOCC3)CN(C(=O)OC(C)(C)C)C5=O)nc2)CC1.CN1CCN(c2ccc(Nc3ncc4cc5n(c4n3)C3(CCOCC3)CNC5=O)nc2)CC1. The zero-order chi connectivity index (χ0) is 50.5. The first-order valence-corrected chi connectivity index (χ1v) is 25.3. The van der Waals surface area contributed by atoms with Crippen molar-refractivity contribution in [1.82, 2.24) is 59.1 Å². The van der Waals surface area contributed by atoms with Crippen molar-refractivity contribution in [3.05, 3.63) is 72.6 Å². The predicted molar refractivity (Wildman–Crippen MR) is 275 cm³/mol. The van der Waals surface area contributed by atoms with Gasteiger partial charge in [-0.1, -0.05) is 0 Å². The molecule has 6 aromatic rings. The van der Waals surface area contributed by atoms with Gasteiger partial charge in [0.15, 0.2) is 0 Å². The van der Waals surface area contributed by atoms with Crippen LogP contribution in [0.2, 0.25) is 0 Å². The molecule has 0 radical (unpaired) electrons. The number of carbonyl (C=O) groups is 3. The highest BCUT2D eigenvalue weighted by atomic mass is 16.6. The number of nitrogens with zero attached hydrogens (tertiary/aromatic N) is 13. The Morgan fingerprint density at radius 3 is 1.60 bits per heavy atom. The lowest BCUT2D eigenvalue weighted by Crippen LogP contribution is -2.58. The van der Waals surface area contributed by atoms with Crippen LogP contribution in [-0.2, 0) is 25.3 Å². The van der Waals surface area contributed by atoms with Crippen molar-refractivity contribution < 1.29 is 28.6 Å². The van der Waals surface area contributed by atoms with Gasteiger partial charge < -0.3 is 58.9 Å². The molecule has 384 valence electrons. The van der Waals surface area contributed by atoms with E-state index in [2.05, 4.69) is 86.3 Å². The van der Waals surface area contributed by atoms with E-state index in [-0.39, 0.29) is 18.0 Å². The van der Waals surface area contributed by atoms with Gasteiger partial charge in [0.2, 0.25) is 11.9 Å². The van der Waals surface area contributed by atoms with Gasteiger partial charge in [-0.15, -0.1) is 0 Å². The summed E-state index contributed by atoms with van der Waals surface area (Å²) in [4.78, 5) is 77.6. The number of likely N-dealkylation sites (N-methyl/N-ethyl adjacent to an activating group) is 2. The number of carbonyl (C=O) groups excluding carboxylic acids is 3. The molecule has 0 bridgehead atoms. The first kappa shape index (κ1) is 48.3. The Hall–Kier alpha value is -7.01. The third-order valence-electron chi connectivity index (χ3n) is 14.9. The molecule has 4 fully saturated rings. The maximum absolute atomic E-state index is 13.6. The first-order chi connectivity index (χ1) is 35.2. The van der Waals surface area contributed by atoms with Crippen LogP contribution >= 0.6 is 0 Å². The number of hydrogen-bond acceptors (Lipinski definition) is 18. The van der Waals surface area contributed by atoms with Crippen molar-refractivity contribution in [3.8, 4) is 0 Å². The monoisotopic (exact) mass is 997 g/mol. The minimum atomic E-state index is -0.715. The predicted octanol–water partition coefficient (Wildman–Crippen LogP) is 4.79. The fourth-order valence-electron chi connectivity index (χ4n) is 10.8. The molecule has 73 heavy (non-hydrogen) atoms. The molecule has 6 aromatic heterocycles. The van der Waals surface area contributed by atoms with E-state index in [0.717, 1.165) is 93.0 Å². The van der Waals surface area contributed by atoms with Gasteiger partial charge >= 0.3 is 6.09 Å². The molecule has 0 unspecified atom stereocenters. The highest BCUT2D eigenvalue weighted by molar-refractivity contribution is 6.06. The largest absolute Gasteiger partial charge is 0.443 e. The second-order valence-electron chi connectivity index (χ2n) is 21.0. The van der Waals surface area contributed by atoms with Crippen LogP contribution in [0.5, 0.6) is 0 Å². The third-order valence-corrected chi connectivity index (χ3v) is 14.9. The third kappa shape index (κ3) is 9.71. The molecule has 2 spiro atoms.